The maximum atomic E-state index is 5.96. The number of aromatic amines is 1. The Morgan fingerprint density at radius 1 is 1.28 bits per heavy atom. The van der Waals surface area contributed by atoms with Crippen LogP contribution >= 0.6 is 0 Å². The first-order valence-electron chi connectivity index (χ1n) is 7.17. The predicted molar refractivity (Wildman–Crippen MR) is 71.6 cm³/mol. The second-order valence-electron chi connectivity index (χ2n) is 5.83. The molecule has 1 aliphatic carbocycles. The fourth-order valence-corrected chi connectivity index (χ4v) is 2.90. The molecule has 1 saturated heterocycles. The molecule has 100 valence electrons. The first kappa shape index (κ1) is 12.0. The third kappa shape index (κ3) is 2.23. The summed E-state index contributed by atoms with van der Waals surface area (Å²) in [5, 5.41) is 7.48. The number of hydrogen-bond donors (Lipinski definition) is 2. The third-order valence-electron chi connectivity index (χ3n) is 4.55. The summed E-state index contributed by atoms with van der Waals surface area (Å²) in [4.78, 5) is 6.94. The van der Waals surface area contributed by atoms with Crippen LogP contribution < -0.4 is 10.6 Å². The Morgan fingerprint density at radius 3 is 2.56 bits per heavy atom. The summed E-state index contributed by atoms with van der Waals surface area (Å²) in [5.41, 5.74) is 5.96. The maximum absolute atomic E-state index is 5.96. The lowest BCUT2D eigenvalue weighted by molar-refractivity contribution is 0.352. The highest BCUT2D eigenvalue weighted by atomic mass is 15.4. The SMILES string of the molecule is CC(N)C1CCN(c2n[nH]c(C3CCC3)n2)CC1. The fourth-order valence-electron chi connectivity index (χ4n) is 2.90. The van der Waals surface area contributed by atoms with Crippen molar-refractivity contribution >= 4 is 5.95 Å². The van der Waals surface area contributed by atoms with Crippen molar-refractivity contribution in [3.05, 3.63) is 5.82 Å². The molecule has 0 amide bonds. The van der Waals surface area contributed by atoms with Gasteiger partial charge in [0.15, 0.2) is 0 Å². The largest absolute Gasteiger partial charge is 0.340 e. The molecule has 1 aliphatic heterocycles. The quantitative estimate of drug-likeness (QED) is 0.854. The van der Waals surface area contributed by atoms with E-state index in [1.165, 1.54) is 19.3 Å². The molecule has 3 N–H and O–H groups in total. The van der Waals surface area contributed by atoms with Gasteiger partial charge in [-0.25, -0.2) is 0 Å². The molecule has 18 heavy (non-hydrogen) atoms. The van der Waals surface area contributed by atoms with Crippen molar-refractivity contribution in [1.29, 1.82) is 0 Å². The zero-order chi connectivity index (χ0) is 12.5. The molecule has 0 radical (unpaired) electrons. The monoisotopic (exact) mass is 249 g/mol. The molecular formula is C13H23N5. The molecule has 2 fully saturated rings. The van der Waals surface area contributed by atoms with Crippen LogP contribution in [0.1, 0.15) is 50.8 Å². The highest BCUT2D eigenvalue weighted by Gasteiger charge is 2.26. The Bertz CT molecular complexity index is 388. The molecule has 1 saturated carbocycles. The van der Waals surface area contributed by atoms with Gasteiger partial charge < -0.3 is 10.6 Å². The first-order valence-corrected chi connectivity index (χ1v) is 7.17. The molecule has 1 aromatic heterocycles. The molecule has 1 atom stereocenters. The van der Waals surface area contributed by atoms with Crippen LogP contribution in [0.25, 0.3) is 0 Å². The number of aromatic nitrogens is 3. The van der Waals surface area contributed by atoms with Gasteiger partial charge in [0, 0.05) is 25.0 Å². The van der Waals surface area contributed by atoms with Gasteiger partial charge in [0.1, 0.15) is 5.82 Å². The van der Waals surface area contributed by atoms with E-state index in [4.69, 9.17) is 5.73 Å². The van der Waals surface area contributed by atoms with Gasteiger partial charge in [0.05, 0.1) is 0 Å². The Kier molecular flexibility index (Phi) is 3.24. The molecule has 2 heterocycles. The van der Waals surface area contributed by atoms with E-state index in [0.29, 0.717) is 17.9 Å². The minimum absolute atomic E-state index is 0.310. The van der Waals surface area contributed by atoms with E-state index in [9.17, 15) is 0 Å². The number of anilines is 1. The second-order valence-corrected chi connectivity index (χ2v) is 5.83. The van der Waals surface area contributed by atoms with Gasteiger partial charge in [-0.1, -0.05) is 6.42 Å². The average Bonchev–Trinajstić information content (AvgIpc) is 2.76. The van der Waals surface area contributed by atoms with Crippen molar-refractivity contribution in [3.8, 4) is 0 Å². The van der Waals surface area contributed by atoms with Gasteiger partial charge in [-0.3, -0.25) is 5.10 Å². The summed E-state index contributed by atoms with van der Waals surface area (Å²) in [6.07, 6.45) is 6.18. The smallest absolute Gasteiger partial charge is 0.244 e. The van der Waals surface area contributed by atoms with Gasteiger partial charge in [-0.15, -0.1) is 5.10 Å². The van der Waals surface area contributed by atoms with Crippen molar-refractivity contribution in [2.24, 2.45) is 11.7 Å². The first-order chi connectivity index (χ1) is 8.74. The van der Waals surface area contributed by atoms with Crippen LogP contribution in [0, 0.1) is 5.92 Å². The summed E-state index contributed by atoms with van der Waals surface area (Å²) in [6.45, 7) is 4.18. The van der Waals surface area contributed by atoms with Gasteiger partial charge >= 0.3 is 0 Å². The summed E-state index contributed by atoms with van der Waals surface area (Å²) in [7, 11) is 0. The molecule has 0 spiro atoms. The van der Waals surface area contributed by atoms with E-state index in [-0.39, 0.29) is 0 Å². The van der Waals surface area contributed by atoms with Crippen molar-refractivity contribution < 1.29 is 0 Å². The van der Waals surface area contributed by atoms with Crippen LogP contribution in [0.2, 0.25) is 0 Å². The zero-order valence-corrected chi connectivity index (χ0v) is 11.1. The third-order valence-corrected chi connectivity index (χ3v) is 4.55. The fraction of sp³-hybridized carbons (Fsp3) is 0.846. The second kappa shape index (κ2) is 4.88. The number of piperidine rings is 1. The Morgan fingerprint density at radius 2 is 2.00 bits per heavy atom. The van der Waals surface area contributed by atoms with Crippen LogP contribution in [-0.2, 0) is 0 Å². The number of rotatable bonds is 3. The summed E-state index contributed by atoms with van der Waals surface area (Å²) >= 11 is 0. The highest BCUT2D eigenvalue weighted by Crippen LogP contribution is 2.35. The van der Waals surface area contributed by atoms with E-state index in [2.05, 4.69) is 27.0 Å². The topological polar surface area (TPSA) is 70.8 Å². The van der Waals surface area contributed by atoms with Gasteiger partial charge in [0.2, 0.25) is 5.95 Å². The van der Waals surface area contributed by atoms with Crippen molar-refractivity contribution in [2.45, 2.75) is 51.0 Å². The van der Waals surface area contributed by atoms with E-state index in [1.54, 1.807) is 0 Å². The van der Waals surface area contributed by atoms with Crippen molar-refractivity contribution in [3.63, 3.8) is 0 Å². The molecule has 0 bridgehead atoms. The summed E-state index contributed by atoms with van der Waals surface area (Å²) in [6, 6.07) is 0.310. The Balaban J connectivity index is 1.60. The van der Waals surface area contributed by atoms with Crippen LogP contribution in [-0.4, -0.2) is 34.3 Å². The molecule has 3 rings (SSSR count). The predicted octanol–water partition coefficient (Wildman–Crippen LogP) is 1.64. The maximum Gasteiger partial charge on any atom is 0.244 e. The number of H-pyrrole nitrogens is 1. The van der Waals surface area contributed by atoms with E-state index < -0.39 is 0 Å². The standard InChI is InChI=1S/C13H23N5/c1-9(14)10-5-7-18(8-6-10)13-15-12(16-17-13)11-3-2-4-11/h9-11H,2-8,14H2,1H3,(H,15,16,17). The summed E-state index contributed by atoms with van der Waals surface area (Å²) in [5.74, 6) is 3.27. The molecule has 5 heteroatoms. The Labute approximate surface area is 108 Å². The number of hydrogen-bond acceptors (Lipinski definition) is 4. The van der Waals surface area contributed by atoms with Crippen LogP contribution in [0.15, 0.2) is 0 Å². The molecule has 1 aromatic rings. The minimum atomic E-state index is 0.310. The van der Waals surface area contributed by atoms with Gasteiger partial charge in [-0.05, 0) is 38.5 Å². The van der Waals surface area contributed by atoms with E-state index in [1.807, 2.05) is 0 Å². The lowest BCUT2D eigenvalue weighted by Crippen LogP contribution is -2.40. The minimum Gasteiger partial charge on any atom is -0.340 e. The van der Waals surface area contributed by atoms with E-state index in [0.717, 1.165) is 37.7 Å². The van der Waals surface area contributed by atoms with E-state index >= 15 is 0 Å². The molecular weight excluding hydrogens is 226 g/mol. The van der Waals surface area contributed by atoms with Gasteiger partial charge in [-0.2, -0.15) is 4.98 Å². The van der Waals surface area contributed by atoms with Crippen molar-refractivity contribution in [1.82, 2.24) is 15.2 Å². The normalized spacial score (nSPS) is 24.0. The number of nitrogens with zero attached hydrogens (tertiary/aromatic N) is 3. The molecule has 0 aromatic carbocycles. The molecule has 1 unspecified atom stereocenters. The number of nitrogens with two attached hydrogens (primary N) is 1. The highest BCUT2D eigenvalue weighted by molar-refractivity contribution is 5.30. The van der Waals surface area contributed by atoms with Crippen molar-refractivity contribution in [2.75, 3.05) is 18.0 Å². The number of nitrogens with one attached hydrogen (secondary N) is 1. The average molecular weight is 249 g/mol. The lowest BCUT2D eigenvalue weighted by atomic mass is 9.85. The zero-order valence-electron chi connectivity index (χ0n) is 11.1. The van der Waals surface area contributed by atoms with Gasteiger partial charge in [0.25, 0.3) is 0 Å². The lowest BCUT2D eigenvalue weighted by Gasteiger charge is -2.33. The molecule has 5 nitrogen and oxygen atoms in total. The summed E-state index contributed by atoms with van der Waals surface area (Å²) < 4.78 is 0. The molecule has 2 aliphatic rings. The Hall–Kier alpha value is -1.10. The van der Waals surface area contributed by atoms with Crippen LogP contribution in [0.5, 0.6) is 0 Å². The van der Waals surface area contributed by atoms with Crippen LogP contribution in [0.3, 0.4) is 0 Å². The van der Waals surface area contributed by atoms with Crippen LogP contribution in [0.4, 0.5) is 5.95 Å².